The zero-order valence-electron chi connectivity index (χ0n) is 15.8. The summed E-state index contributed by atoms with van der Waals surface area (Å²) in [5.74, 6) is 0.294. The zero-order chi connectivity index (χ0) is 20.2. The highest BCUT2D eigenvalue weighted by atomic mass is 19.1. The van der Waals surface area contributed by atoms with Gasteiger partial charge in [0.2, 0.25) is 0 Å². The Hall–Kier alpha value is -3.32. The lowest BCUT2D eigenvalue weighted by atomic mass is 10.0. The van der Waals surface area contributed by atoms with Crippen LogP contribution in [0.4, 0.5) is 15.9 Å². The van der Waals surface area contributed by atoms with Crippen LogP contribution in [0.2, 0.25) is 0 Å². The number of halogens is 1. The van der Waals surface area contributed by atoms with E-state index in [1.807, 2.05) is 24.3 Å². The predicted molar refractivity (Wildman–Crippen MR) is 108 cm³/mol. The van der Waals surface area contributed by atoms with Gasteiger partial charge in [0.1, 0.15) is 18.0 Å². The van der Waals surface area contributed by atoms with E-state index in [2.05, 4.69) is 20.2 Å². The molecule has 1 aliphatic rings. The monoisotopic (exact) mass is 392 g/mol. The topological polar surface area (TPSA) is 78.4 Å². The molecule has 0 unspecified atom stereocenters. The van der Waals surface area contributed by atoms with Crippen LogP contribution in [-0.4, -0.2) is 40.7 Å². The molecule has 0 bridgehead atoms. The fraction of sp³-hybridized carbons (Fsp3) is 0.227. The highest BCUT2D eigenvalue weighted by Gasteiger charge is 2.26. The summed E-state index contributed by atoms with van der Waals surface area (Å²) >= 11 is 0. The maximum atomic E-state index is 13.5. The first-order valence-corrected chi connectivity index (χ1v) is 9.49. The van der Waals surface area contributed by atoms with Crippen molar-refractivity contribution in [1.29, 1.82) is 0 Å². The number of hydrogen-bond acceptors (Lipinski definition) is 5. The van der Waals surface area contributed by atoms with Crippen LogP contribution >= 0.6 is 0 Å². The van der Waals surface area contributed by atoms with E-state index < -0.39 is 0 Å². The minimum absolute atomic E-state index is 0.0953. The first kappa shape index (κ1) is 19.0. The van der Waals surface area contributed by atoms with E-state index in [1.165, 1.54) is 18.5 Å². The fourth-order valence-electron chi connectivity index (χ4n) is 3.64. The molecule has 0 aliphatic carbocycles. The average Bonchev–Trinajstić information content (AvgIpc) is 3.16. The maximum absolute atomic E-state index is 13.5. The number of nitrogens with zero attached hydrogens (tertiary/aromatic N) is 3. The van der Waals surface area contributed by atoms with Gasteiger partial charge < -0.3 is 15.3 Å². The molecule has 29 heavy (non-hydrogen) atoms. The summed E-state index contributed by atoms with van der Waals surface area (Å²) in [6.45, 7) is 0.833. The summed E-state index contributed by atoms with van der Waals surface area (Å²) in [5, 5.41) is 11.6. The Morgan fingerprint density at radius 3 is 2.86 bits per heavy atom. The highest BCUT2D eigenvalue weighted by molar-refractivity contribution is 5.98. The molecular weight excluding hydrogens is 371 g/mol. The van der Waals surface area contributed by atoms with Gasteiger partial charge in [-0.15, -0.1) is 0 Å². The molecule has 3 aromatic rings. The normalized spacial score (nSPS) is 12.7. The van der Waals surface area contributed by atoms with Crippen molar-refractivity contribution >= 4 is 17.4 Å². The summed E-state index contributed by atoms with van der Waals surface area (Å²) < 4.78 is 13.5. The van der Waals surface area contributed by atoms with Gasteiger partial charge in [-0.25, -0.2) is 14.4 Å². The standard InChI is InChI=1S/C22H21FN4O2/c23-16-4-1-3-15(11-16)12-17-13-21(26-14-25-17)27-9-7-18-19(5-2-6-20(18)27)22(29)24-8-10-28/h1-6,11,13-14,28H,7-10,12H2,(H,24,29). The third-order valence-electron chi connectivity index (χ3n) is 4.93. The fourth-order valence-corrected chi connectivity index (χ4v) is 3.64. The van der Waals surface area contributed by atoms with Crippen molar-refractivity contribution in [3.8, 4) is 0 Å². The van der Waals surface area contributed by atoms with E-state index in [1.54, 1.807) is 12.1 Å². The Morgan fingerprint density at radius 1 is 1.17 bits per heavy atom. The molecule has 0 saturated carbocycles. The van der Waals surface area contributed by atoms with Gasteiger partial charge in [0.25, 0.3) is 5.91 Å². The van der Waals surface area contributed by atoms with Gasteiger partial charge in [0.15, 0.2) is 0 Å². The van der Waals surface area contributed by atoms with Crippen molar-refractivity contribution in [2.75, 3.05) is 24.6 Å². The van der Waals surface area contributed by atoms with Crippen LogP contribution in [0.5, 0.6) is 0 Å². The van der Waals surface area contributed by atoms with E-state index in [0.717, 1.165) is 34.7 Å². The van der Waals surface area contributed by atoms with Gasteiger partial charge in [-0.3, -0.25) is 4.79 Å². The molecule has 0 spiro atoms. The third-order valence-corrected chi connectivity index (χ3v) is 4.93. The summed E-state index contributed by atoms with van der Waals surface area (Å²) in [4.78, 5) is 23.2. The number of rotatable bonds is 6. The highest BCUT2D eigenvalue weighted by Crippen LogP contribution is 2.35. The van der Waals surface area contributed by atoms with Gasteiger partial charge in [-0.2, -0.15) is 0 Å². The van der Waals surface area contributed by atoms with Crippen molar-refractivity contribution in [3.05, 3.63) is 83.1 Å². The van der Waals surface area contributed by atoms with Crippen LogP contribution in [0.3, 0.4) is 0 Å². The summed E-state index contributed by atoms with van der Waals surface area (Å²) in [5.41, 5.74) is 4.17. The lowest BCUT2D eigenvalue weighted by Crippen LogP contribution is -2.27. The Kier molecular flexibility index (Phi) is 5.48. The molecular formula is C22H21FN4O2. The largest absolute Gasteiger partial charge is 0.395 e. The lowest BCUT2D eigenvalue weighted by molar-refractivity contribution is 0.0944. The smallest absolute Gasteiger partial charge is 0.251 e. The Bertz CT molecular complexity index is 1040. The Balaban J connectivity index is 1.59. The van der Waals surface area contributed by atoms with Crippen molar-refractivity contribution < 1.29 is 14.3 Å². The minimum atomic E-state index is -0.266. The molecule has 0 saturated heterocycles. The number of benzene rings is 2. The quantitative estimate of drug-likeness (QED) is 0.674. The summed E-state index contributed by atoms with van der Waals surface area (Å²) in [6.07, 6.45) is 2.75. The number of anilines is 2. The van der Waals surface area contributed by atoms with Crippen LogP contribution in [0.15, 0.2) is 54.9 Å². The van der Waals surface area contributed by atoms with E-state index in [0.29, 0.717) is 18.5 Å². The number of aromatic nitrogens is 2. The first-order valence-electron chi connectivity index (χ1n) is 9.49. The SMILES string of the molecule is O=C(NCCO)c1cccc2c1CCN2c1cc(Cc2cccc(F)c2)ncn1. The molecule has 2 heterocycles. The van der Waals surface area contributed by atoms with Crippen molar-refractivity contribution in [1.82, 2.24) is 15.3 Å². The summed E-state index contributed by atoms with van der Waals surface area (Å²) in [7, 11) is 0. The van der Waals surface area contributed by atoms with Crippen LogP contribution in [0, 0.1) is 5.82 Å². The average molecular weight is 392 g/mol. The molecule has 148 valence electrons. The molecule has 1 amide bonds. The second-order valence-corrected chi connectivity index (χ2v) is 6.86. The molecule has 7 heteroatoms. The molecule has 1 aromatic heterocycles. The molecule has 2 N–H and O–H groups in total. The maximum Gasteiger partial charge on any atom is 0.251 e. The van der Waals surface area contributed by atoms with Crippen LogP contribution in [-0.2, 0) is 12.8 Å². The van der Waals surface area contributed by atoms with Gasteiger partial charge in [-0.05, 0) is 41.8 Å². The van der Waals surface area contributed by atoms with E-state index in [-0.39, 0.29) is 24.9 Å². The molecule has 0 atom stereocenters. The van der Waals surface area contributed by atoms with E-state index >= 15 is 0 Å². The van der Waals surface area contributed by atoms with Crippen LogP contribution in [0.25, 0.3) is 0 Å². The van der Waals surface area contributed by atoms with Crippen molar-refractivity contribution in [3.63, 3.8) is 0 Å². The molecule has 0 fully saturated rings. The molecule has 2 aromatic carbocycles. The lowest BCUT2D eigenvalue weighted by Gasteiger charge is -2.19. The molecule has 1 aliphatic heterocycles. The number of carbonyl (C=O) groups is 1. The summed E-state index contributed by atoms with van der Waals surface area (Å²) in [6, 6.07) is 14.0. The second kappa shape index (κ2) is 8.36. The Morgan fingerprint density at radius 2 is 2.03 bits per heavy atom. The molecule has 0 radical (unpaired) electrons. The minimum Gasteiger partial charge on any atom is -0.395 e. The molecule has 6 nitrogen and oxygen atoms in total. The van der Waals surface area contributed by atoms with Crippen LogP contribution in [0.1, 0.15) is 27.2 Å². The molecule has 4 rings (SSSR count). The van der Waals surface area contributed by atoms with Crippen molar-refractivity contribution in [2.45, 2.75) is 12.8 Å². The van der Waals surface area contributed by atoms with E-state index in [9.17, 15) is 9.18 Å². The number of hydrogen-bond donors (Lipinski definition) is 2. The number of aliphatic hydroxyl groups is 1. The number of aliphatic hydroxyl groups excluding tert-OH is 1. The number of nitrogens with one attached hydrogen (secondary N) is 1. The van der Waals surface area contributed by atoms with Gasteiger partial charge in [0, 0.05) is 36.8 Å². The van der Waals surface area contributed by atoms with Crippen molar-refractivity contribution in [2.24, 2.45) is 0 Å². The third kappa shape index (κ3) is 4.09. The predicted octanol–water partition coefficient (Wildman–Crippen LogP) is 2.62. The Labute approximate surface area is 168 Å². The van der Waals surface area contributed by atoms with Crippen LogP contribution < -0.4 is 10.2 Å². The first-order chi connectivity index (χ1) is 14.2. The number of fused-ring (bicyclic) bond motifs is 1. The number of carbonyl (C=O) groups excluding carboxylic acids is 1. The second-order valence-electron chi connectivity index (χ2n) is 6.86. The number of amides is 1. The van der Waals surface area contributed by atoms with E-state index in [4.69, 9.17) is 5.11 Å². The van der Waals surface area contributed by atoms with Gasteiger partial charge in [-0.1, -0.05) is 18.2 Å². The van der Waals surface area contributed by atoms with Gasteiger partial charge in [0.05, 0.1) is 12.3 Å². The van der Waals surface area contributed by atoms with Gasteiger partial charge >= 0.3 is 0 Å². The zero-order valence-corrected chi connectivity index (χ0v) is 15.8.